The van der Waals surface area contributed by atoms with Crippen molar-refractivity contribution >= 4 is 17.5 Å². The lowest BCUT2D eigenvalue weighted by Crippen LogP contribution is -2.45. The standard InChI is InChI=1S/C13H17N3O3/c1-7(12(18)16-8-2-3-8)15-13(19)10-6-9(17)4-5-11(10)14/h4-8,17H,2-3,14H2,1H3,(H,15,19)(H,16,18). The Kier molecular flexibility index (Phi) is 3.59. The van der Waals surface area contributed by atoms with Gasteiger partial charge < -0.3 is 21.5 Å². The molecule has 1 saturated carbocycles. The lowest BCUT2D eigenvalue weighted by molar-refractivity contribution is -0.122. The van der Waals surface area contributed by atoms with Crippen molar-refractivity contribution in [3.8, 4) is 5.75 Å². The lowest BCUT2D eigenvalue weighted by Gasteiger charge is -2.14. The van der Waals surface area contributed by atoms with Gasteiger partial charge in [-0.15, -0.1) is 0 Å². The molecule has 0 saturated heterocycles. The van der Waals surface area contributed by atoms with E-state index >= 15 is 0 Å². The minimum absolute atomic E-state index is 0.0468. The van der Waals surface area contributed by atoms with Crippen LogP contribution in [0.2, 0.25) is 0 Å². The summed E-state index contributed by atoms with van der Waals surface area (Å²) >= 11 is 0. The van der Waals surface area contributed by atoms with E-state index in [0.29, 0.717) is 0 Å². The third kappa shape index (κ3) is 3.37. The first-order chi connectivity index (χ1) is 8.97. The predicted molar refractivity (Wildman–Crippen MR) is 70.6 cm³/mol. The van der Waals surface area contributed by atoms with Crippen LogP contribution in [-0.4, -0.2) is 29.0 Å². The molecule has 102 valence electrons. The van der Waals surface area contributed by atoms with Gasteiger partial charge in [-0.1, -0.05) is 0 Å². The first-order valence-corrected chi connectivity index (χ1v) is 6.17. The maximum atomic E-state index is 12.0. The van der Waals surface area contributed by atoms with Gasteiger partial charge in [-0.2, -0.15) is 0 Å². The van der Waals surface area contributed by atoms with Crippen LogP contribution in [0, 0.1) is 0 Å². The number of hydrogen-bond acceptors (Lipinski definition) is 4. The van der Waals surface area contributed by atoms with Gasteiger partial charge >= 0.3 is 0 Å². The van der Waals surface area contributed by atoms with Gasteiger partial charge in [-0.3, -0.25) is 9.59 Å². The fraction of sp³-hybridized carbons (Fsp3) is 0.385. The summed E-state index contributed by atoms with van der Waals surface area (Å²) in [4.78, 5) is 23.7. The van der Waals surface area contributed by atoms with E-state index in [0.717, 1.165) is 12.8 Å². The highest BCUT2D eigenvalue weighted by atomic mass is 16.3. The van der Waals surface area contributed by atoms with Crippen LogP contribution in [0.25, 0.3) is 0 Å². The minimum Gasteiger partial charge on any atom is -0.508 e. The Morgan fingerprint density at radius 3 is 2.74 bits per heavy atom. The molecule has 1 aliphatic rings. The molecule has 1 aromatic carbocycles. The molecule has 1 fully saturated rings. The average molecular weight is 263 g/mol. The first kappa shape index (κ1) is 13.2. The smallest absolute Gasteiger partial charge is 0.254 e. The first-order valence-electron chi connectivity index (χ1n) is 6.17. The molecule has 2 amide bonds. The van der Waals surface area contributed by atoms with E-state index in [1.165, 1.54) is 18.2 Å². The summed E-state index contributed by atoms with van der Waals surface area (Å²) in [5.41, 5.74) is 6.07. The highest BCUT2D eigenvalue weighted by Crippen LogP contribution is 2.19. The van der Waals surface area contributed by atoms with E-state index in [9.17, 15) is 14.7 Å². The number of phenols is 1. The molecule has 0 heterocycles. The zero-order chi connectivity index (χ0) is 14.0. The van der Waals surface area contributed by atoms with Crippen molar-refractivity contribution in [1.29, 1.82) is 0 Å². The van der Waals surface area contributed by atoms with Crippen molar-refractivity contribution in [1.82, 2.24) is 10.6 Å². The fourth-order valence-corrected chi connectivity index (χ4v) is 1.63. The van der Waals surface area contributed by atoms with Gasteiger partial charge in [0.15, 0.2) is 0 Å². The van der Waals surface area contributed by atoms with E-state index in [1.807, 2.05) is 0 Å². The number of phenolic OH excluding ortho intramolecular Hbond substituents is 1. The van der Waals surface area contributed by atoms with Gasteiger partial charge in [0.25, 0.3) is 5.91 Å². The molecule has 0 spiro atoms. The Bertz CT molecular complexity index is 512. The van der Waals surface area contributed by atoms with Crippen LogP contribution < -0.4 is 16.4 Å². The molecular formula is C13H17N3O3. The maximum Gasteiger partial charge on any atom is 0.254 e. The van der Waals surface area contributed by atoms with E-state index in [4.69, 9.17) is 5.73 Å². The number of hydrogen-bond donors (Lipinski definition) is 4. The number of rotatable bonds is 4. The number of anilines is 1. The maximum absolute atomic E-state index is 12.0. The Morgan fingerprint density at radius 1 is 1.42 bits per heavy atom. The van der Waals surface area contributed by atoms with Gasteiger partial charge in [0.1, 0.15) is 11.8 Å². The van der Waals surface area contributed by atoms with Crippen molar-refractivity contribution in [2.24, 2.45) is 0 Å². The highest BCUT2D eigenvalue weighted by Gasteiger charge is 2.26. The van der Waals surface area contributed by atoms with Crippen LogP contribution in [0.1, 0.15) is 30.1 Å². The fourth-order valence-electron chi connectivity index (χ4n) is 1.63. The van der Waals surface area contributed by atoms with Gasteiger partial charge in [0, 0.05) is 11.7 Å². The molecule has 1 unspecified atom stereocenters. The quantitative estimate of drug-likeness (QED) is 0.465. The predicted octanol–water partition coefficient (Wildman–Crippen LogP) is 0.371. The van der Waals surface area contributed by atoms with E-state index in [1.54, 1.807) is 6.92 Å². The van der Waals surface area contributed by atoms with Crippen LogP contribution in [0.4, 0.5) is 5.69 Å². The summed E-state index contributed by atoms with van der Waals surface area (Å²) in [6.45, 7) is 1.61. The molecule has 0 aromatic heterocycles. The zero-order valence-electron chi connectivity index (χ0n) is 10.6. The molecule has 0 aliphatic heterocycles. The molecule has 19 heavy (non-hydrogen) atoms. The second kappa shape index (κ2) is 5.17. The average Bonchev–Trinajstić information content (AvgIpc) is 3.15. The Hall–Kier alpha value is -2.24. The summed E-state index contributed by atoms with van der Waals surface area (Å²) in [6.07, 6.45) is 1.98. The molecule has 2 rings (SSSR count). The Balaban J connectivity index is 1.99. The summed E-state index contributed by atoms with van der Waals surface area (Å²) in [5, 5.41) is 14.7. The molecule has 5 N–H and O–H groups in total. The monoisotopic (exact) mass is 263 g/mol. The van der Waals surface area contributed by atoms with Crippen molar-refractivity contribution in [2.75, 3.05) is 5.73 Å². The Morgan fingerprint density at radius 2 is 2.11 bits per heavy atom. The number of nitrogens with two attached hydrogens (primary N) is 1. The molecule has 1 atom stereocenters. The number of aromatic hydroxyl groups is 1. The third-order valence-corrected chi connectivity index (χ3v) is 2.95. The van der Waals surface area contributed by atoms with Crippen LogP contribution in [0.15, 0.2) is 18.2 Å². The van der Waals surface area contributed by atoms with Gasteiger partial charge in [-0.05, 0) is 38.0 Å². The molecule has 0 bridgehead atoms. The van der Waals surface area contributed by atoms with Crippen LogP contribution >= 0.6 is 0 Å². The number of carbonyl (C=O) groups excluding carboxylic acids is 2. The van der Waals surface area contributed by atoms with Crippen LogP contribution in [0.3, 0.4) is 0 Å². The van der Waals surface area contributed by atoms with E-state index in [2.05, 4.69) is 10.6 Å². The summed E-state index contributed by atoms with van der Waals surface area (Å²) < 4.78 is 0. The number of benzene rings is 1. The van der Waals surface area contributed by atoms with E-state index in [-0.39, 0.29) is 28.9 Å². The molecule has 0 radical (unpaired) electrons. The topological polar surface area (TPSA) is 104 Å². The second-order valence-corrected chi connectivity index (χ2v) is 4.75. The molecule has 6 heteroatoms. The normalized spacial score (nSPS) is 15.6. The van der Waals surface area contributed by atoms with Crippen LogP contribution in [-0.2, 0) is 4.79 Å². The number of nitrogens with one attached hydrogen (secondary N) is 2. The van der Waals surface area contributed by atoms with Crippen molar-refractivity contribution in [2.45, 2.75) is 31.8 Å². The van der Waals surface area contributed by atoms with Gasteiger partial charge in [0.2, 0.25) is 5.91 Å². The van der Waals surface area contributed by atoms with Crippen molar-refractivity contribution in [3.05, 3.63) is 23.8 Å². The lowest BCUT2D eigenvalue weighted by atomic mass is 10.1. The summed E-state index contributed by atoms with van der Waals surface area (Å²) in [7, 11) is 0. The second-order valence-electron chi connectivity index (χ2n) is 4.75. The molecule has 1 aromatic rings. The van der Waals surface area contributed by atoms with Gasteiger partial charge in [-0.25, -0.2) is 0 Å². The molecule has 6 nitrogen and oxygen atoms in total. The van der Waals surface area contributed by atoms with Crippen molar-refractivity contribution < 1.29 is 14.7 Å². The zero-order valence-corrected chi connectivity index (χ0v) is 10.6. The van der Waals surface area contributed by atoms with Crippen LogP contribution in [0.5, 0.6) is 5.75 Å². The SMILES string of the molecule is CC(NC(=O)c1cc(O)ccc1N)C(=O)NC1CC1. The summed E-state index contributed by atoms with van der Waals surface area (Å²) in [5.74, 6) is -0.740. The third-order valence-electron chi connectivity index (χ3n) is 2.95. The van der Waals surface area contributed by atoms with Crippen molar-refractivity contribution in [3.63, 3.8) is 0 Å². The molecule has 1 aliphatic carbocycles. The van der Waals surface area contributed by atoms with Gasteiger partial charge in [0.05, 0.1) is 5.56 Å². The minimum atomic E-state index is -0.644. The molecular weight excluding hydrogens is 246 g/mol. The number of nitrogen functional groups attached to an aromatic ring is 1. The van der Waals surface area contributed by atoms with E-state index < -0.39 is 11.9 Å². The summed E-state index contributed by atoms with van der Waals surface area (Å²) in [6, 6.07) is 3.72. The Labute approximate surface area is 111 Å². The largest absolute Gasteiger partial charge is 0.508 e. The number of amides is 2. The highest BCUT2D eigenvalue weighted by molar-refractivity contribution is 6.01. The number of carbonyl (C=O) groups is 2.